The van der Waals surface area contributed by atoms with Gasteiger partial charge in [0.15, 0.2) is 0 Å². The minimum absolute atomic E-state index is 0.413. The van der Waals surface area contributed by atoms with Crippen LogP contribution in [0, 0.1) is 22.7 Å². The molecule has 0 aliphatic rings. The second-order valence-corrected chi connectivity index (χ2v) is 2.74. The number of benzene rings is 1. The zero-order chi connectivity index (χ0) is 12.0. The first kappa shape index (κ1) is 11.2. The van der Waals surface area contributed by atoms with Gasteiger partial charge in [0.25, 0.3) is 5.91 Å². The largest absolute Gasteiger partial charge is 0.364 e. The van der Waals surface area contributed by atoms with Crippen molar-refractivity contribution in [1.82, 2.24) is 0 Å². The van der Waals surface area contributed by atoms with Gasteiger partial charge in [0.2, 0.25) is 5.71 Å². The number of primary amides is 1. The minimum Gasteiger partial charge on any atom is -0.364 e. The zero-order valence-electron chi connectivity index (χ0n) is 8.14. The molecule has 0 saturated carbocycles. The van der Waals surface area contributed by atoms with E-state index in [9.17, 15) is 4.79 Å². The van der Waals surface area contributed by atoms with E-state index in [1.807, 2.05) is 6.07 Å². The van der Waals surface area contributed by atoms with Gasteiger partial charge in [-0.15, -0.1) is 0 Å². The lowest BCUT2D eigenvalue weighted by Gasteiger charge is -1.99. The number of carbonyl (C=O) groups is 1. The Bertz CT molecular complexity index is 503. The van der Waals surface area contributed by atoms with Gasteiger partial charge >= 0.3 is 0 Å². The molecule has 3 N–H and O–H groups in total. The number of nitrogens with one attached hydrogen (secondary N) is 1. The molecule has 0 heterocycles. The fourth-order valence-corrected chi connectivity index (χ4v) is 0.875. The Morgan fingerprint density at radius 1 is 1.31 bits per heavy atom. The highest BCUT2D eigenvalue weighted by Crippen LogP contribution is 2.08. The van der Waals surface area contributed by atoms with Gasteiger partial charge in [-0.2, -0.15) is 15.6 Å². The van der Waals surface area contributed by atoms with E-state index in [-0.39, 0.29) is 0 Å². The lowest BCUT2D eigenvalue weighted by molar-refractivity contribution is -0.111. The summed E-state index contributed by atoms with van der Waals surface area (Å²) < 4.78 is 0. The predicted octanol–water partition coefficient (Wildman–Crippen LogP) is 0.335. The van der Waals surface area contributed by atoms with Crippen molar-refractivity contribution in [2.75, 3.05) is 5.43 Å². The molecule has 0 fully saturated rings. The molecule has 0 saturated heterocycles. The average molecular weight is 213 g/mol. The van der Waals surface area contributed by atoms with E-state index in [1.54, 1.807) is 30.3 Å². The SMILES string of the molecule is N#CC(=NNc1ccc(C#N)cc1)C(N)=O. The molecule has 0 bridgehead atoms. The lowest BCUT2D eigenvalue weighted by Crippen LogP contribution is -2.22. The number of hydrogen-bond donors (Lipinski definition) is 2. The molecule has 0 spiro atoms. The monoisotopic (exact) mass is 213 g/mol. The Labute approximate surface area is 91.6 Å². The first-order valence-corrected chi connectivity index (χ1v) is 4.21. The third-order valence-corrected chi connectivity index (χ3v) is 1.65. The molecular formula is C10H7N5O. The Kier molecular flexibility index (Phi) is 3.59. The first-order chi connectivity index (χ1) is 7.67. The van der Waals surface area contributed by atoms with E-state index in [4.69, 9.17) is 16.3 Å². The second kappa shape index (κ2) is 5.13. The highest BCUT2D eigenvalue weighted by Gasteiger charge is 2.04. The van der Waals surface area contributed by atoms with Gasteiger partial charge in [-0.05, 0) is 24.3 Å². The average Bonchev–Trinajstić information content (AvgIpc) is 2.30. The van der Waals surface area contributed by atoms with Crippen molar-refractivity contribution in [3.63, 3.8) is 0 Å². The van der Waals surface area contributed by atoms with Gasteiger partial charge in [0.1, 0.15) is 6.07 Å². The maximum absolute atomic E-state index is 10.6. The van der Waals surface area contributed by atoms with Crippen molar-refractivity contribution in [1.29, 1.82) is 10.5 Å². The Morgan fingerprint density at radius 2 is 1.94 bits per heavy atom. The summed E-state index contributed by atoms with van der Waals surface area (Å²) in [6.45, 7) is 0. The van der Waals surface area contributed by atoms with Crippen molar-refractivity contribution in [2.45, 2.75) is 0 Å². The molecule has 1 aromatic rings. The molecule has 0 radical (unpaired) electrons. The van der Waals surface area contributed by atoms with E-state index in [2.05, 4.69) is 10.5 Å². The van der Waals surface area contributed by atoms with Crippen molar-refractivity contribution >= 4 is 17.3 Å². The number of hydrogen-bond acceptors (Lipinski definition) is 5. The van der Waals surface area contributed by atoms with Crippen LogP contribution >= 0.6 is 0 Å². The fraction of sp³-hybridized carbons (Fsp3) is 0. The molecule has 1 aromatic carbocycles. The van der Waals surface area contributed by atoms with Crippen LogP contribution in [0.1, 0.15) is 5.56 Å². The van der Waals surface area contributed by atoms with Crippen LogP contribution in [0.5, 0.6) is 0 Å². The summed E-state index contributed by atoms with van der Waals surface area (Å²) >= 11 is 0. The maximum Gasteiger partial charge on any atom is 0.280 e. The number of rotatable bonds is 3. The third kappa shape index (κ3) is 2.82. The summed E-state index contributed by atoms with van der Waals surface area (Å²) in [6.07, 6.45) is 0. The Balaban J connectivity index is 2.79. The summed E-state index contributed by atoms with van der Waals surface area (Å²) in [5.41, 5.74) is 8.01. The quantitative estimate of drug-likeness (QED) is 0.556. The molecule has 0 aromatic heterocycles. The summed E-state index contributed by atoms with van der Waals surface area (Å²) in [5, 5.41) is 20.6. The highest BCUT2D eigenvalue weighted by atomic mass is 16.1. The maximum atomic E-state index is 10.6. The van der Waals surface area contributed by atoms with Gasteiger partial charge in [0, 0.05) is 0 Å². The smallest absolute Gasteiger partial charge is 0.280 e. The van der Waals surface area contributed by atoms with Crippen LogP contribution in [0.3, 0.4) is 0 Å². The van der Waals surface area contributed by atoms with Crippen LogP contribution < -0.4 is 11.2 Å². The Hall–Kier alpha value is -2.86. The van der Waals surface area contributed by atoms with Gasteiger partial charge in [-0.25, -0.2) is 0 Å². The fourth-order valence-electron chi connectivity index (χ4n) is 0.875. The molecule has 1 rings (SSSR count). The Morgan fingerprint density at radius 3 is 2.38 bits per heavy atom. The normalized spacial score (nSPS) is 10.0. The zero-order valence-corrected chi connectivity index (χ0v) is 8.14. The van der Waals surface area contributed by atoms with E-state index in [1.165, 1.54) is 0 Å². The topological polar surface area (TPSA) is 115 Å². The molecule has 6 nitrogen and oxygen atoms in total. The summed E-state index contributed by atoms with van der Waals surface area (Å²) in [5.74, 6) is -0.899. The number of amides is 1. The molecule has 0 aliphatic heterocycles. The first-order valence-electron chi connectivity index (χ1n) is 4.21. The highest BCUT2D eigenvalue weighted by molar-refractivity contribution is 6.44. The molecular weight excluding hydrogens is 206 g/mol. The van der Waals surface area contributed by atoms with Crippen LogP contribution in [-0.2, 0) is 4.79 Å². The van der Waals surface area contributed by atoms with Crippen LogP contribution in [0.25, 0.3) is 0 Å². The molecule has 6 heteroatoms. The van der Waals surface area contributed by atoms with Gasteiger partial charge in [-0.1, -0.05) is 0 Å². The van der Waals surface area contributed by atoms with Gasteiger partial charge in [0.05, 0.1) is 17.3 Å². The van der Waals surface area contributed by atoms with Crippen molar-refractivity contribution in [3.05, 3.63) is 29.8 Å². The number of carbonyl (C=O) groups excluding carboxylic acids is 1. The standard InChI is InChI=1S/C10H7N5O/c11-5-7-1-3-8(4-2-7)14-15-9(6-12)10(13)16/h1-4,14H,(H2,13,16). The van der Waals surface area contributed by atoms with E-state index < -0.39 is 11.6 Å². The van der Waals surface area contributed by atoms with E-state index in [0.29, 0.717) is 11.3 Å². The van der Waals surface area contributed by atoms with Crippen molar-refractivity contribution in [2.24, 2.45) is 10.8 Å². The van der Waals surface area contributed by atoms with Crippen molar-refractivity contribution in [3.8, 4) is 12.1 Å². The molecule has 0 unspecified atom stereocenters. The van der Waals surface area contributed by atoms with Crippen LogP contribution in [0.2, 0.25) is 0 Å². The molecule has 16 heavy (non-hydrogen) atoms. The van der Waals surface area contributed by atoms with E-state index >= 15 is 0 Å². The molecule has 1 amide bonds. The lowest BCUT2D eigenvalue weighted by atomic mass is 10.2. The number of nitrogens with two attached hydrogens (primary N) is 1. The van der Waals surface area contributed by atoms with Gasteiger partial charge in [-0.3, -0.25) is 10.2 Å². The van der Waals surface area contributed by atoms with Crippen LogP contribution in [0.15, 0.2) is 29.4 Å². The molecule has 0 atom stereocenters. The van der Waals surface area contributed by atoms with Gasteiger partial charge < -0.3 is 5.73 Å². The van der Waals surface area contributed by atoms with Crippen molar-refractivity contribution < 1.29 is 4.79 Å². The number of nitriles is 2. The van der Waals surface area contributed by atoms with Crippen LogP contribution in [-0.4, -0.2) is 11.6 Å². The predicted molar refractivity (Wildman–Crippen MR) is 57.0 cm³/mol. The third-order valence-electron chi connectivity index (χ3n) is 1.65. The number of hydrazone groups is 1. The molecule has 0 aliphatic carbocycles. The summed E-state index contributed by atoms with van der Waals surface area (Å²) in [7, 11) is 0. The second-order valence-electron chi connectivity index (χ2n) is 2.74. The number of anilines is 1. The molecule has 78 valence electrons. The van der Waals surface area contributed by atoms with E-state index in [0.717, 1.165) is 0 Å². The summed E-state index contributed by atoms with van der Waals surface area (Å²) in [6, 6.07) is 9.86. The number of nitrogens with zero attached hydrogens (tertiary/aromatic N) is 3. The minimum atomic E-state index is -0.899. The van der Waals surface area contributed by atoms with Crippen LogP contribution in [0.4, 0.5) is 5.69 Å². The summed E-state index contributed by atoms with van der Waals surface area (Å²) in [4.78, 5) is 10.6.